The summed E-state index contributed by atoms with van der Waals surface area (Å²) in [5.74, 6) is 0.734. The van der Waals surface area contributed by atoms with E-state index in [0.29, 0.717) is 0 Å². The van der Waals surface area contributed by atoms with Crippen molar-refractivity contribution in [3.63, 3.8) is 0 Å². The van der Waals surface area contributed by atoms with Crippen LogP contribution in [-0.2, 0) is 0 Å². The van der Waals surface area contributed by atoms with Gasteiger partial charge in [-0.05, 0) is 23.6 Å². The number of nitrogens with zero attached hydrogens (tertiary/aromatic N) is 3. The van der Waals surface area contributed by atoms with Gasteiger partial charge < -0.3 is 0 Å². The van der Waals surface area contributed by atoms with E-state index in [9.17, 15) is 0 Å². The largest absolute Gasteiger partial charge is 0.256 e. The summed E-state index contributed by atoms with van der Waals surface area (Å²) in [6.07, 6.45) is 1.82. The molecule has 3 heteroatoms. The third-order valence-corrected chi connectivity index (χ3v) is 5.74. The van der Waals surface area contributed by atoms with Crippen LogP contribution in [0.25, 0.3) is 55.6 Å². The maximum absolute atomic E-state index is 5.02. The molecule has 0 aliphatic heterocycles. The predicted octanol–water partition coefficient (Wildman–Crippen LogP) is 7.18. The van der Waals surface area contributed by atoms with Crippen molar-refractivity contribution >= 4 is 21.7 Å². The lowest BCUT2D eigenvalue weighted by Crippen LogP contribution is -1.96. The topological polar surface area (TPSA) is 38.7 Å². The van der Waals surface area contributed by atoms with Crippen LogP contribution >= 0.6 is 0 Å². The lowest BCUT2D eigenvalue weighted by atomic mass is 10.00. The summed E-state index contributed by atoms with van der Waals surface area (Å²) in [4.78, 5) is 14.5. The number of aromatic nitrogens is 3. The molecule has 0 fully saturated rings. The molecule has 6 aromatic rings. The van der Waals surface area contributed by atoms with Gasteiger partial charge in [-0.2, -0.15) is 0 Å². The van der Waals surface area contributed by atoms with Gasteiger partial charge in [-0.15, -0.1) is 0 Å². The number of hydrogen-bond donors (Lipinski definition) is 0. The molecule has 3 nitrogen and oxygen atoms in total. The monoisotopic (exact) mass is 409 g/mol. The van der Waals surface area contributed by atoms with Crippen LogP contribution in [0.3, 0.4) is 0 Å². The summed E-state index contributed by atoms with van der Waals surface area (Å²) in [7, 11) is 0. The van der Waals surface area contributed by atoms with E-state index in [2.05, 4.69) is 77.8 Å². The van der Waals surface area contributed by atoms with Crippen LogP contribution in [0.4, 0.5) is 0 Å². The van der Waals surface area contributed by atoms with Gasteiger partial charge >= 0.3 is 0 Å². The van der Waals surface area contributed by atoms with Crippen molar-refractivity contribution in [1.29, 1.82) is 0 Å². The molecule has 0 spiro atoms. The summed E-state index contributed by atoms with van der Waals surface area (Å²) in [6, 6.07) is 37.2. The molecule has 0 saturated heterocycles. The highest BCUT2D eigenvalue weighted by Crippen LogP contribution is 2.33. The number of rotatable bonds is 3. The summed E-state index contributed by atoms with van der Waals surface area (Å²) in [5.41, 5.74) is 6.02. The van der Waals surface area contributed by atoms with Crippen molar-refractivity contribution in [1.82, 2.24) is 15.0 Å². The van der Waals surface area contributed by atoms with Crippen molar-refractivity contribution in [3.05, 3.63) is 115 Å². The van der Waals surface area contributed by atoms with Crippen LogP contribution in [0.1, 0.15) is 0 Å². The van der Waals surface area contributed by atoms with Crippen molar-refractivity contribution in [2.45, 2.75) is 0 Å². The Morgan fingerprint density at radius 1 is 0.469 bits per heavy atom. The third kappa shape index (κ3) is 3.21. The fraction of sp³-hybridized carbons (Fsp3) is 0. The number of hydrogen-bond acceptors (Lipinski definition) is 3. The van der Waals surface area contributed by atoms with E-state index in [0.717, 1.165) is 50.2 Å². The summed E-state index contributed by atoms with van der Waals surface area (Å²) < 4.78 is 0. The standard InChI is InChI=1S/C29H19N3/c1-2-9-23(10-3-1)29-31-27(22-15-13-21(14-16-22)26-12-6-7-19-30-26)25-18-17-20-8-4-5-11-24(20)28(25)32-29/h1-19H. The smallest absolute Gasteiger partial charge is 0.160 e. The van der Waals surface area contributed by atoms with Crippen LogP contribution < -0.4 is 0 Å². The first-order valence-electron chi connectivity index (χ1n) is 10.6. The van der Waals surface area contributed by atoms with E-state index in [-0.39, 0.29) is 0 Å². The highest BCUT2D eigenvalue weighted by atomic mass is 14.9. The molecule has 0 aliphatic rings. The minimum absolute atomic E-state index is 0.734. The zero-order chi connectivity index (χ0) is 21.3. The number of benzene rings is 4. The second-order valence-electron chi connectivity index (χ2n) is 7.74. The van der Waals surface area contributed by atoms with E-state index in [1.165, 1.54) is 5.39 Å². The zero-order valence-corrected chi connectivity index (χ0v) is 17.3. The van der Waals surface area contributed by atoms with Gasteiger partial charge in [0.15, 0.2) is 5.82 Å². The van der Waals surface area contributed by atoms with E-state index < -0.39 is 0 Å². The van der Waals surface area contributed by atoms with E-state index in [1.54, 1.807) is 0 Å². The zero-order valence-electron chi connectivity index (χ0n) is 17.3. The van der Waals surface area contributed by atoms with Gasteiger partial charge in [-0.3, -0.25) is 4.98 Å². The Bertz CT molecular complexity index is 1540. The normalized spacial score (nSPS) is 11.1. The molecule has 2 heterocycles. The van der Waals surface area contributed by atoms with Crippen LogP contribution in [0, 0.1) is 0 Å². The minimum Gasteiger partial charge on any atom is -0.256 e. The van der Waals surface area contributed by atoms with E-state index in [1.807, 2.05) is 42.6 Å². The summed E-state index contributed by atoms with van der Waals surface area (Å²) >= 11 is 0. The molecule has 0 atom stereocenters. The number of pyridine rings is 1. The molecule has 0 aliphatic carbocycles. The lowest BCUT2D eigenvalue weighted by Gasteiger charge is -2.12. The molecule has 2 aromatic heterocycles. The van der Waals surface area contributed by atoms with Crippen LogP contribution in [0.5, 0.6) is 0 Å². The quantitative estimate of drug-likeness (QED) is 0.291. The molecule has 0 unspecified atom stereocenters. The maximum atomic E-state index is 5.02. The average Bonchev–Trinajstić information content (AvgIpc) is 2.89. The molecule has 0 N–H and O–H groups in total. The Balaban J connectivity index is 1.59. The van der Waals surface area contributed by atoms with Gasteiger partial charge in [0.25, 0.3) is 0 Å². The van der Waals surface area contributed by atoms with Crippen LogP contribution in [0.2, 0.25) is 0 Å². The first kappa shape index (κ1) is 18.4. The molecule has 0 bridgehead atoms. The van der Waals surface area contributed by atoms with Crippen molar-refractivity contribution in [2.75, 3.05) is 0 Å². The first-order valence-corrected chi connectivity index (χ1v) is 10.6. The first-order chi connectivity index (χ1) is 15.9. The fourth-order valence-corrected chi connectivity index (χ4v) is 4.13. The molecule has 32 heavy (non-hydrogen) atoms. The Hall–Kier alpha value is -4.37. The Kier molecular flexibility index (Phi) is 4.43. The van der Waals surface area contributed by atoms with Crippen LogP contribution in [0.15, 0.2) is 115 Å². The van der Waals surface area contributed by atoms with Crippen molar-refractivity contribution in [3.8, 4) is 33.9 Å². The fourth-order valence-electron chi connectivity index (χ4n) is 4.13. The SMILES string of the molecule is c1ccc(-c2nc(-c3ccc(-c4ccccn4)cc3)c3ccc4ccccc4c3n2)cc1. The number of fused-ring (bicyclic) bond motifs is 3. The second kappa shape index (κ2) is 7.71. The Morgan fingerprint density at radius 3 is 2.03 bits per heavy atom. The minimum atomic E-state index is 0.734. The van der Waals surface area contributed by atoms with E-state index >= 15 is 0 Å². The highest BCUT2D eigenvalue weighted by Gasteiger charge is 2.14. The molecule has 0 saturated carbocycles. The van der Waals surface area contributed by atoms with E-state index in [4.69, 9.17) is 9.97 Å². The van der Waals surface area contributed by atoms with Crippen LogP contribution in [-0.4, -0.2) is 15.0 Å². The molecular formula is C29H19N3. The molecule has 150 valence electrons. The lowest BCUT2D eigenvalue weighted by molar-refractivity contribution is 1.23. The molecule has 0 amide bonds. The predicted molar refractivity (Wildman–Crippen MR) is 131 cm³/mol. The van der Waals surface area contributed by atoms with Crippen molar-refractivity contribution in [2.24, 2.45) is 0 Å². The summed E-state index contributed by atoms with van der Waals surface area (Å²) in [6.45, 7) is 0. The molecule has 4 aromatic carbocycles. The Labute approximate surface area is 186 Å². The maximum Gasteiger partial charge on any atom is 0.160 e. The highest BCUT2D eigenvalue weighted by molar-refractivity contribution is 6.09. The van der Waals surface area contributed by atoms with Gasteiger partial charge in [-0.1, -0.05) is 91.0 Å². The molecule has 6 rings (SSSR count). The van der Waals surface area contributed by atoms with Gasteiger partial charge in [0.1, 0.15) is 0 Å². The average molecular weight is 409 g/mol. The van der Waals surface area contributed by atoms with Gasteiger partial charge in [0, 0.05) is 33.7 Å². The van der Waals surface area contributed by atoms with Crippen molar-refractivity contribution < 1.29 is 0 Å². The molecule has 0 radical (unpaired) electrons. The van der Waals surface area contributed by atoms with Gasteiger partial charge in [0.2, 0.25) is 0 Å². The summed E-state index contributed by atoms with van der Waals surface area (Å²) in [5, 5.41) is 3.36. The Morgan fingerprint density at radius 2 is 1.22 bits per heavy atom. The van der Waals surface area contributed by atoms with Gasteiger partial charge in [0.05, 0.1) is 16.9 Å². The third-order valence-electron chi connectivity index (χ3n) is 5.74. The second-order valence-corrected chi connectivity index (χ2v) is 7.74. The molecular weight excluding hydrogens is 390 g/mol. The van der Waals surface area contributed by atoms with Gasteiger partial charge in [-0.25, -0.2) is 9.97 Å².